The summed E-state index contributed by atoms with van der Waals surface area (Å²) in [6, 6.07) is 0. The van der Waals surface area contributed by atoms with Gasteiger partial charge in [-0.05, 0) is 26.7 Å². The third kappa shape index (κ3) is 3.26. The number of nitrogens with zero attached hydrogens (tertiary/aromatic N) is 6. The predicted molar refractivity (Wildman–Crippen MR) is 100 cm³/mol. The summed E-state index contributed by atoms with van der Waals surface area (Å²) in [5, 5.41) is 12.0. The number of fused-ring (bicyclic) bond motifs is 1. The van der Waals surface area contributed by atoms with Crippen molar-refractivity contribution in [2.24, 2.45) is 14.1 Å². The molecule has 1 atom stereocenters. The van der Waals surface area contributed by atoms with E-state index in [0.717, 1.165) is 16.6 Å². The number of piperidine rings is 1. The lowest BCUT2D eigenvalue weighted by molar-refractivity contribution is -0.658. The molecule has 3 rings (SSSR count). The first-order valence-corrected chi connectivity index (χ1v) is 8.91. The van der Waals surface area contributed by atoms with E-state index in [2.05, 4.69) is 4.98 Å². The van der Waals surface area contributed by atoms with Crippen LogP contribution in [-0.2, 0) is 20.6 Å². The minimum absolute atomic E-state index is 0.179. The zero-order chi connectivity index (χ0) is 19.9. The second-order valence-electron chi connectivity index (χ2n) is 7.23. The number of hydrogen-bond acceptors (Lipinski definition) is 5. The molecule has 0 saturated carbocycles. The number of nitro groups is 1. The number of hydrogen-bond donors (Lipinski definition) is 0. The lowest BCUT2D eigenvalue weighted by atomic mass is 9.98. The van der Waals surface area contributed by atoms with Crippen molar-refractivity contribution in [1.82, 2.24) is 23.7 Å². The van der Waals surface area contributed by atoms with Gasteiger partial charge in [0.15, 0.2) is 16.2 Å². The van der Waals surface area contributed by atoms with Crippen LogP contribution in [0.4, 0.5) is 0 Å². The second-order valence-corrected chi connectivity index (χ2v) is 7.23. The van der Waals surface area contributed by atoms with Crippen LogP contribution < -0.4 is 11.2 Å². The summed E-state index contributed by atoms with van der Waals surface area (Å²) in [4.78, 5) is 40.9. The molecule has 146 valence electrons. The highest BCUT2D eigenvalue weighted by molar-refractivity contribution is 5.71. The first-order chi connectivity index (χ1) is 12.7. The van der Waals surface area contributed by atoms with Crippen molar-refractivity contribution in [2.45, 2.75) is 39.2 Å². The molecule has 0 aliphatic carbocycles. The molecule has 0 bridgehead atoms. The van der Waals surface area contributed by atoms with E-state index in [1.165, 1.54) is 16.6 Å². The molecule has 1 aliphatic rings. The van der Waals surface area contributed by atoms with Crippen molar-refractivity contribution in [1.29, 1.82) is 0 Å². The van der Waals surface area contributed by atoms with Gasteiger partial charge in [-0.3, -0.25) is 13.9 Å². The van der Waals surface area contributed by atoms with Crippen molar-refractivity contribution in [3.05, 3.63) is 48.4 Å². The van der Waals surface area contributed by atoms with Gasteiger partial charge in [0.1, 0.15) is 5.82 Å². The summed E-state index contributed by atoms with van der Waals surface area (Å²) < 4.78 is 4.22. The first-order valence-electron chi connectivity index (χ1n) is 8.91. The van der Waals surface area contributed by atoms with Crippen molar-refractivity contribution in [3.63, 3.8) is 0 Å². The van der Waals surface area contributed by atoms with Gasteiger partial charge in [-0.15, -0.1) is 5.01 Å². The SMILES string of the molecule is CC(C)=CCn1c(C2CCCN([N+](=O)[O-])C2)nc2c1c(=O)n(C)c(=O)n2C. The number of rotatable bonds is 4. The standard InChI is InChI=1S/C17H24N6O4/c1-11(2)7-9-22-13-15(19(3)17(25)20(4)16(13)24)18-14(22)12-6-5-8-21(10-12)23(26)27/h7,12H,5-6,8-10H2,1-4H3. The summed E-state index contributed by atoms with van der Waals surface area (Å²) in [5.41, 5.74) is 0.904. The molecular weight excluding hydrogens is 352 g/mol. The van der Waals surface area contributed by atoms with E-state index in [4.69, 9.17) is 0 Å². The molecule has 0 amide bonds. The summed E-state index contributed by atoms with van der Waals surface area (Å²) in [7, 11) is 3.02. The van der Waals surface area contributed by atoms with E-state index >= 15 is 0 Å². The van der Waals surface area contributed by atoms with Gasteiger partial charge in [-0.2, -0.15) is 0 Å². The van der Waals surface area contributed by atoms with Crippen LogP contribution in [0.25, 0.3) is 11.2 Å². The first kappa shape index (κ1) is 18.9. The zero-order valence-electron chi connectivity index (χ0n) is 16.0. The Labute approximate surface area is 155 Å². The van der Waals surface area contributed by atoms with Gasteiger partial charge in [-0.1, -0.05) is 11.6 Å². The zero-order valence-corrected chi connectivity index (χ0v) is 16.0. The fourth-order valence-electron chi connectivity index (χ4n) is 3.55. The fourth-order valence-corrected chi connectivity index (χ4v) is 3.55. The molecule has 1 fully saturated rings. The number of aryl methyl sites for hydroxylation is 1. The van der Waals surface area contributed by atoms with Gasteiger partial charge >= 0.3 is 5.69 Å². The summed E-state index contributed by atoms with van der Waals surface area (Å²) in [6.45, 7) is 4.98. The van der Waals surface area contributed by atoms with Crippen LogP contribution in [0.1, 0.15) is 38.4 Å². The molecule has 0 radical (unpaired) electrons. The second kappa shape index (κ2) is 7.01. The van der Waals surface area contributed by atoms with Crippen LogP contribution in [0.5, 0.6) is 0 Å². The lowest BCUT2D eigenvalue weighted by Crippen LogP contribution is -2.39. The van der Waals surface area contributed by atoms with E-state index in [9.17, 15) is 19.7 Å². The molecule has 2 aromatic heterocycles. The molecule has 3 heterocycles. The minimum Gasteiger partial charge on any atom is -0.318 e. The molecule has 1 unspecified atom stereocenters. The fraction of sp³-hybridized carbons (Fsp3) is 0.588. The van der Waals surface area contributed by atoms with Crippen LogP contribution >= 0.6 is 0 Å². The number of imidazole rings is 1. The van der Waals surface area contributed by atoms with Gasteiger partial charge in [0.05, 0.1) is 13.1 Å². The summed E-state index contributed by atoms with van der Waals surface area (Å²) in [5.74, 6) is 0.439. The van der Waals surface area contributed by atoms with Crippen LogP contribution in [0.2, 0.25) is 0 Å². The number of allylic oxidation sites excluding steroid dienone is 2. The Morgan fingerprint density at radius 3 is 2.63 bits per heavy atom. The third-order valence-corrected chi connectivity index (χ3v) is 5.06. The average Bonchev–Trinajstić information content (AvgIpc) is 3.02. The average molecular weight is 376 g/mol. The smallest absolute Gasteiger partial charge is 0.318 e. The Bertz CT molecular complexity index is 1040. The molecule has 2 aromatic rings. The lowest BCUT2D eigenvalue weighted by Gasteiger charge is -2.26. The number of hydrazine groups is 1. The Balaban J connectivity index is 2.24. The number of aromatic nitrogens is 4. The van der Waals surface area contributed by atoms with Crippen molar-refractivity contribution < 1.29 is 5.03 Å². The Morgan fingerprint density at radius 1 is 1.30 bits per heavy atom. The molecule has 0 aromatic carbocycles. The predicted octanol–water partition coefficient (Wildman–Crippen LogP) is 0.771. The largest absolute Gasteiger partial charge is 0.332 e. The molecular formula is C17H24N6O4. The highest BCUT2D eigenvalue weighted by Crippen LogP contribution is 2.28. The van der Waals surface area contributed by atoms with Crippen LogP contribution in [-0.4, -0.2) is 41.8 Å². The van der Waals surface area contributed by atoms with E-state index in [-0.39, 0.29) is 17.5 Å². The Hall–Kier alpha value is -2.91. The Kier molecular flexibility index (Phi) is 4.90. The molecule has 10 nitrogen and oxygen atoms in total. The third-order valence-electron chi connectivity index (χ3n) is 5.06. The molecule has 27 heavy (non-hydrogen) atoms. The van der Waals surface area contributed by atoms with Gasteiger partial charge in [0.2, 0.25) is 0 Å². The quantitative estimate of drug-likeness (QED) is 0.443. The maximum Gasteiger partial charge on any atom is 0.332 e. The minimum atomic E-state index is -0.443. The molecule has 10 heteroatoms. The van der Waals surface area contributed by atoms with Crippen molar-refractivity contribution in [2.75, 3.05) is 13.1 Å². The van der Waals surface area contributed by atoms with Crippen LogP contribution in [0.3, 0.4) is 0 Å². The van der Waals surface area contributed by atoms with E-state index in [0.29, 0.717) is 36.5 Å². The maximum absolute atomic E-state index is 12.8. The van der Waals surface area contributed by atoms with E-state index in [1.54, 1.807) is 11.6 Å². The van der Waals surface area contributed by atoms with E-state index in [1.807, 2.05) is 19.9 Å². The van der Waals surface area contributed by atoms with E-state index < -0.39 is 11.2 Å². The van der Waals surface area contributed by atoms with Gasteiger partial charge in [0, 0.05) is 26.6 Å². The van der Waals surface area contributed by atoms with Crippen LogP contribution in [0, 0.1) is 10.1 Å². The van der Waals surface area contributed by atoms with Gasteiger partial charge in [0.25, 0.3) is 5.56 Å². The van der Waals surface area contributed by atoms with Gasteiger partial charge < -0.3 is 4.57 Å². The van der Waals surface area contributed by atoms with Crippen molar-refractivity contribution in [3.8, 4) is 0 Å². The van der Waals surface area contributed by atoms with Crippen molar-refractivity contribution >= 4 is 11.2 Å². The normalized spacial score (nSPS) is 17.3. The van der Waals surface area contributed by atoms with Gasteiger partial charge in [-0.25, -0.2) is 19.9 Å². The highest BCUT2D eigenvalue weighted by atomic mass is 16.7. The molecule has 1 aliphatic heterocycles. The summed E-state index contributed by atoms with van der Waals surface area (Å²) in [6.07, 6.45) is 3.40. The monoisotopic (exact) mass is 376 g/mol. The topological polar surface area (TPSA) is 108 Å². The van der Waals surface area contributed by atoms with Crippen LogP contribution in [0.15, 0.2) is 21.2 Å². The summed E-state index contributed by atoms with van der Waals surface area (Å²) >= 11 is 0. The molecule has 1 saturated heterocycles. The highest BCUT2D eigenvalue weighted by Gasteiger charge is 2.31. The molecule has 0 spiro atoms. The molecule has 0 N–H and O–H groups in total. The maximum atomic E-state index is 12.8. The Morgan fingerprint density at radius 2 is 2.00 bits per heavy atom.